The van der Waals surface area contributed by atoms with Crippen molar-refractivity contribution in [1.29, 1.82) is 0 Å². The van der Waals surface area contributed by atoms with E-state index in [4.69, 9.17) is 10.5 Å². The van der Waals surface area contributed by atoms with E-state index in [1.54, 1.807) is 14.2 Å². The summed E-state index contributed by atoms with van der Waals surface area (Å²) < 4.78 is 32.6. The van der Waals surface area contributed by atoms with E-state index in [1.165, 1.54) is 8.61 Å². The lowest BCUT2D eigenvalue weighted by molar-refractivity contribution is 0.182. The third-order valence-electron chi connectivity index (χ3n) is 3.20. The summed E-state index contributed by atoms with van der Waals surface area (Å²) in [5.41, 5.74) is 6.65. The molecule has 128 valence electrons. The maximum absolute atomic E-state index is 12.5. The Labute approximate surface area is 139 Å². The van der Waals surface area contributed by atoms with Crippen LogP contribution < -0.4 is 5.73 Å². The van der Waals surface area contributed by atoms with Crippen molar-refractivity contribution in [2.24, 2.45) is 5.73 Å². The zero-order valence-corrected chi connectivity index (χ0v) is 14.8. The van der Waals surface area contributed by atoms with E-state index in [0.717, 1.165) is 5.56 Å². The summed E-state index contributed by atoms with van der Waals surface area (Å²) in [6.07, 6.45) is 0.665. The number of nitrogens with two attached hydrogens (primary N) is 1. The second kappa shape index (κ2) is 10.9. The predicted molar refractivity (Wildman–Crippen MR) is 91.4 cm³/mol. The van der Waals surface area contributed by atoms with Crippen LogP contribution in [0.1, 0.15) is 5.56 Å². The van der Waals surface area contributed by atoms with Crippen molar-refractivity contribution in [3.63, 3.8) is 0 Å². The first-order valence-electron chi connectivity index (χ1n) is 6.96. The standard InChI is InChI=1S/C14H25N3O3S.ClH/c1-16(12-13-20-2)21(18,19)17(11-9-15)10-8-14-6-4-3-5-7-14;/h3-7H,8-13,15H2,1-2H3;1H. The Kier molecular flexibility index (Phi) is 10.6. The van der Waals surface area contributed by atoms with Crippen LogP contribution in [-0.4, -0.2) is 64.0 Å². The number of ether oxygens (including phenoxy) is 1. The summed E-state index contributed by atoms with van der Waals surface area (Å²) >= 11 is 0. The van der Waals surface area contributed by atoms with Crippen LogP contribution in [0.5, 0.6) is 0 Å². The van der Waals surface area contributed by atoms with Crippen molar-refractivity contribution in [1.82, 2.24) is 8.61 Å². The molecular weight excluding hydrogens is 326 g/mol. The SMILES string of the molecule is COCCN(C)S(=O)(=O)N(CCN)CCc1ccccc1.Cl. The highest BCUT2D eigenvalue weighted by Crippen LogP contribution is 2.08. The Morgan fingerprint density at radius 1 is 1.14 bits per heavy atom. The lowest BCUT2D eigenvalue weighted by atomic mass is 10.1. The molecular formula is C14H26ClN3O3S. The van der Waals surface area contributed by atoms with E-state index in [9.17, 15) is 8.42 Å². The summed E-state index contributed by atoms with van der Waals surface area (Å²) in [6.45, 7) is 1.72. The van der Waals surface area contributed by atoms with Crippen LogP contribution in [-0.2, 0) is 21.4 Å². The number of methoxy groups -OCH3 is 1. The van der Waals surface area contributed by atoms with Gasteiger partial charge in [-0.3, -0.25) is 0 Å². The minimum absolute atomic E-state index is 0. The third kappa shape index (κ3) is 6.60. The molecule has 0 unspecified atom stereocenters. The molecule has 1 aromatic rings. The molecule has 0 aliphatic heterocycles. The van der Waals surface area contributed by atoms with Gasteiger partial charge in [0.05, 0.1) is 6.61 Å². The molecule has 0 saturated heterocycles. The third-order valence-corrected chi connectivity index (χ3v) is 5.19. The Morgan fingerprint density at radius 2 is 1.77 bits per heavy atom. The van der Waals surface area contributed by atoms with E-state index in [2.05, 4.69) is 0 Å². The monoisotopic (exact) mass is 351 g/mol. The smallest absolute Gasteiger partial charge is 0.281 e. The number of nitrogens with zero attached hydrogens (tertiary/aromatic N) is 2. The van der Waals surface area contributed by atoms with Crippen LogP contribution >= 0.6 is 12.4 Å². The molecule has 0 amide bonds. The van der Waals surface area contributed by atoms with E-state index in [1.807, 2.05) is 30.3 Å². The quantitative estimate of drug-likeness (QED) is 0.674. The summed E-state index contributed by atoms with van der Waals surface area (Å²) in [7, 11) is -0.394. The predicted octanol–water partition coefficient (Wildman–Crippen LogP) is 0.735. The van der Waals surface area contributed by atoms with Gasteiger partial charge < -0.3 is 10.5 Å². The molecule has 0 aliphatic rings. The van der Waals surface area contributed by atoms with Crippen molar-refractivity contribution in [3.8, 4) is 0 Å². The molecule has 0 fully saturated rings. The van der Waals surface area contributed by atoms with E-state index in [-0.39, 0.29) is 12.4 Å². The molecule has 8 heteroatoms. The second-order valence-corrected chi connectivity index (χ2v) is 6.78. The van der Waals surface area contributed by atoms with Crippen LogP contribution in [0.4, 0.5) is 0 Å². The molecule has 1 rings (SSSR count). The summed E-state index contributed by atoms with van der Waals surface area (Å²) in [5, 5.41) is 0. The van der Waals surface area contributed by atoms with Gasteiger partial charge in [0.15, 0.2) is 0 Å². The number of benzene rings is 1. The molecule has 0 heterocycles. The number of hydrogen-bond donors (Lipinski definition) is 1. The van der Waals surface area contributed by atoms with Gasteiger partial charge in [-0.05, 0) is 12.0 Å². The van der Waals surface area contributed by atoms with Gasteiger partial charge in [0.2, 0.25) is 0 Å². The number of likely N-dealkylation sites (N-methyl/N-ethyl adjacent to an activating group) is 1. The molecule has 2 N–H and O–H groups in total. The van der Waals surface area contributed by atoms with Crippen molar-refractivity contribution in [2.45, 2.75) is 6.42 Å². The molecule has 0 aliphatic carbocycles. The Hall–Kier alpha value is -0.700. The number of rotatable bonds is 10. The average Bonchev–Trinajstić information content (AvgIpc) is 2.49. The Balaban J connectivity index is 0.00000441. The zero-order chi connectivity index (χ0) is 15.7. The van der Waals surface area contributed by atoms with Crippen molar-refractivity contribution in [2.75, 3.05) is 46.9 Å². The van der Waals surface area contributed by atoms with Crippen LogP contribution in [0.3, 0.4) is 0 Å². The van der Waals surface area contributed by atoms with Crippen molar-refractivity contribution >= 4 is 22.6 Å². The summed E-state index contributed by atoms with van der Waals surface area (Å²) in [6, 6.07) is 9.81. The Morgan fingerprint density at radius 3 is 2.32 bits per heavy atom. The second-order valence-electron chi connectivity index (χ2n) is 4.75. The molecule has 0 radical (unpaired) electrons. The molecule has 1 aromatic carbocycles. The normalized spacial score (nSPS) is 11.7. The molecule has 0 atom stereocenters. The maximum atomic E-state index is 12.5. The lowest BCUT2D eigenvalue weighted by Crippen LogP contribution is -2.45. The fourth-order valence-electron chi connectivity index (χ4n) is 1.92. The van der Waals surface area contributed by atoms with Crippen LogP contribution in [0.2, 0.25) is 0 Å². The molecule has 22 heavy (non-hydrogen) atoms. The highest BCUT2D eigenvalue weighted by molar-refractivity contribution is 7.86. The van der Waals surface area contributed by atoms with Crippen LogP contribution in [0.25, 0.3) is 0 Å². The number of hydrogen-bond acceptors (Lipinski definition) is 4. The first kappa shape index (κ1) is 21.3. The van der Waals surface area contributed by atoms with Gasteiger partial charge >= 0.3 is 0 Å². The maximum Gasteiger partial charge on any atom is 0.281 e. The average molecular weight is 352 g/mol. The summed E-state index contributed by atoms with van der Waals surface area (Å²) in [5.74, 6) is 0. The first-order valence-corrected chi connectivity index (χ1v) is 8.36. The Bertz CT molecular complexity index is 499. The van der Waals surface area contributed by atoms with E-state index < -0.39 is 10.2 Å². The van der Waals surface area contributed by atoms with Crippen LogP contribution in [0.15, 0.2) is 30.3 Å². The van der Waals surface area contributed by atoms with Gasteiger partial charge in [-0.1, -0.05) is 30.3 Å². The van der Waals surface area contributed by atoms with Crippen molar-refractivity contribution in [3.05, 3.63) is 35.9 Å². The lowest BCUT2D eigenvalue weighted by Gasteiger charge is -2.27. The minimum Gasteiger partial charge on any atom is -0.383 e. The highest BCUT2D eigenvalue weighted by Gasteiger charge is 2.25. The molecule has 0 bridgehead atoms. The fraction of sp³-hybridized carbons (Fsp3) is 0.571. The number of halogens is 1. The zero-order valence-electron chi connectivity index (χ0n) is 13.1. The minimum atomic E-state index is -3.50. The van der Waals surface area contributed by atoms with Gasteiger partial charge in [0, 0.05) is 40.3 Å². The molecule has 0 aromatic heterocycles. The van der Waals surface area contributed by atoms with Gasteiger partial charge in [-0.15, -0.1) is 12.4 Å². The highest BCUT2D eigenvalue weighted by atomic mass is 35.5. The topological polar surface area (TPSA) is 75.9 Å². The van der Waals surface area contributed by atoms with Crippen LogP contribution in [0, 0.1) is 0 Å². The molecule has 0 spiro atoms. The van der Waals surface area contributed by atoms with Gasteiger partial charge in [0.1, 0.15) is 0 Å². The van der Waals surface area contributed by atoms with Gasteiger partial charge in [-0.2, -0.15) is 17.0 Å². The fourth-order valence-corrected chi connectivity index (χ4v) is 3.27. The van der Waals surface area contributed by atoms with Gasteiger partial charge in [-0.25, -0.2) is 0 Å². The van der Waals surface area contributed by atoms with E-state index in [0.29, 0.717) is 39.2 Å². The van der Waals surface area contributed by atoms with Gasteiger partial charge in [0.25, 0.3) is 10.2 Å². The summed E-state index contributed by atoms with van der Waals surface area (Å²) in [4.78, 5) is 0. The van der Waals surface area contributed by atoms with E-state index >= 15 is 0 Å². The molecule has 0 saturated carbocycles. The first-order chi connectivity index (χ1) is 10.0. The molecule has 6 nitrogen and oxygen atoms in total. The largest absolute Gasteiger partial charge is 0.383 e. The van der Waals surface area contributed by atoms with Crippen molar-refractivity contribution < 1.29 is 13.2 Å².